The van der Waals surface area contributed by atoms with Crippen molar-refractivity contribution < 1.29 is 11.3 Å². The van der Waals surface area contributed by atoms with Crippen molar-refractivity contribution in [1.82, 2.24) is 0 Å². The van der Waals surface area contributed by atoms with E-state index in [2.05, 4.69) is 103 Å². The molecule has 1 nitrogen and oxygen atoms in total. The monoisotopic (exact) mass is 551 g/mol. The molecule has 8 aromatic carbocycles. The van der Waals surface area contributed by atoms with E-state index >= 15 is 0 Å². The third-order valence-electron chi connectivity index (χ3n) is 8.52. The van der Waals surface area contributed by atoms with Crippen molar-refractivity contribution in [3.8, 4) is 33.4 Å². The molecule has 1 aromatic heterocycles. The highest BCUT2D eigenvalue weighted by molar-refractivity contribution is 6.22. The Morgan fingerprint density at radius 3 is 1.72 bits per heavy atom. The summed E-state index contributed by atoms with van der Waals surface area (Å²) in [4.78, 5) is 0. The Morgan fingerprint density at radius 2 is 1.02 bits per heavy atom. The number of rotatable bonds is 3. The Labute approximate surface area is 256 Å². The van der Waals surface area contributed by atoms with Gasteiger partial charge in [-0.1, -0.05) is 133 Å². The third kappa shape index (κ3) is 3.72. The molecule has 0 atom stereocenters. The second-order valence-electron chi connectivity index (χ2n) is 10.9. The minimum atomic E-state index is -0.409. The van der Waals surface area contributed by atoms with Gasteiger partial charge in [0.05, 0.1) is 6.85 Å². The molecule has 0 aliphatic heterocycles. The average Bonchev–Trinajstić information content (AvgIpc) is 3.50. The Morgan fingerprint density at radius 1 is 0.419 bits per heavy atom. The number of hydrogen-bond donors (Lipinski definition) is 0. The molecule has 0 unspecified atom stereocenters. The van der Waals surface area contributed by atoms with Crippen LogP contribution in [-0.4, -0.2) is 0 Å². The van der Waals surface area contributed by atoms with E-state index in [1.807, 2.05) is 12.1 Å². The van der Waals surface area contributed by atoms with Gasteiger partial charge in [0.1, 0.15) is 11.2 Å². The van der Waals surface area contributed by atoms with E-state index in [1.165, 1.54) is 21.9 Å². The molecule has 0 fully saturated rings. The van der Waals surface area contributed by atoms with Crippen LogP contribution < -0.4 is 0 Å². The highest BCUT2D eigenvalue weighted by atomic mass is 16.3. The Kier molecular flexibility index (Phi) is 4.27. The van der Waals surface area contributed by atoms with Gasteiger partial charge in [-0.2, -0.15) is 0 Å². The van der Waals surface area contributed by atoms with Crippen LogP contribution in [0.4, 0.5) is 0 Å². The van der Waals surface area contributed by atoms with Gasteiger partial charge in [0.25, 0.3) is 0 Å². The predicted octanol–water partition coefficient (Wildman–Crippen LogP) is 12.0. The summed E-state index contributed by atoms with van der Waals surface area (Å²) < 4.78 is 48.3. The second kappa shape index (κ2) is 9.44. The summed E-state index contributed by atoms with van der Waals surface area (Å²) in [5.74, 6) is 0. The maximum atomic E-state index is 8.63. The SMILES string of the molecule is [2H]c1c([2H])c([2H])c(-c2cccc3oc4cc(-c5c6ccccc6c(-c6ccc7ccccc7c6)c6ccccc56)ccc4c23)c([2H])c1[2H]. The van der Waals surface area contributed by atoms with Crippen molar-refractivity contribution >= 4 is 54.3 Å². The first kappa shape index (κ1) is 19.5. The lowest BCUT2D eigenvalue weighted by atomic mass is 9.85. The van der Waals surface area contributed by atoms with Gasteiger partial charge < -0.3 is 4.42 Å². The fourth-order valence-corrected chi connectivity index (χ4v) is 6.67. The molecule has 0 bridgehead atoms. The zero-order valence-corrected chi connectivity index (χ0v) is 23.0. The van der Waals surface area contributed by atoms with E-state index in [1.54, 1.807) is 12.1 Å². The minimum Gasteiger partial charge on any atom is -0.456 e. The van der Waals surface area contributed by atoms with Gasteiger partial charge in [-0.3, -0.25) is 0 Å². The molecule has 200 valence electrons. The number of fused-ring (bicyclic) bond motifs is 6. The lowest BCUT2D eigenvalue weighted by Gasteiger charge is -2.18. The fraction of sp³-hybridized carbons (Fsp3) is 0. The summed E-state index contributed by atoms with van der Waals surface area (Å²) in [5.41, 5.74) is 6.44. The van der Waals surface area contributed by atoms with Crippen LogP contribution in [0.15, 0.2) is 162 Å². The van der Waals surface area contributed by atoms with Gasteiger partial charge in [-0.25, -0.2) is 0 Å². The van der Waals surface area contributed by atoms with E-state index in [0.717, 1.165) is 43.4 Å². The molecule has 0 aliphatic rings. The summed E-state index contributed by atoms with van der Waals surface area (Å²) in [6.07, 6.45) is 0. The van der Waals surface area contributed by atoms with Crippen LogP contribution in [0, 0.1) is 0 Å². The van der Waals surface area contributed by atoms with E-state index in [4.69, 9.17) is 11.3 Å². The van der Waals surface area contributed by atoms with Crippen LogP contribution in [0.3, 0.4) is 0 Å². The first-order chi connectivity index (χ1) is 23.4. The summed E-state index contributed by atoms with van der Waals surface area (Å²) in [6.45, 7) is 0. The van der Waals surface area contributed by atoms with Crippen molar-refractivity contribution in [3.05, 3.63) is 158 Å². The number of hydrogen-bond acceptors (Lipinski definition) is 1. The number of furan rings is 1. The van der Waals surface area contributed by atoms with Gasteiger partial charge >= 0.3 is 0 Å². The first-order valence-electron chi connectivity index (χ1n) is 16.9. The summed E-state index contributed by atoms with van der Waals surface area (Å²) in [6, 6.07) is 42.3. The smallest absolute Gasteiger partial charge is 0.136 e. The van der Waals surface area contributed by atoms with Crippen LogP contribution >= 0.6 is 0 Å². The number of benzene rings is 8. The molecule has 0 amide bonds. The standard InChI is InChI=1S/C42H26O/c1-2-12-28(13-3-1)32-19-10-20-38-42(32)37-24-23-31(26-39(37)43-38)41-35-17-8-6-15-33(35)40(34-16-7-9-18-36(34)41)30-22-21-27-11-4-5-14-29(27)25-30/h1-26H/i1D,2D,3D,12D,13D. The lowest BCUT2D eigenvalue weighted by molar-refractivity contribution is 0.669. The van der Waals surface area contributed by atoms with Crippen LogP contribution in [-0.2, 0) is 0 Å². The van der Waals surface area contributed by atoms with Gasteiger partial charge in [0, 0.05) is 10.8 Å². The first-order valence-corrected chi connectivity index (χ1v) is 14.4. The molecule has 0 radical (unpaired) electrons. The quantitative estimate of drug-likeness (QED) is 0.199. The molecule has 0 saturated heterocycles. The highest BCUT2D eigenvalue weighted by Gasteiger charge is 2.19. The van der Waals surface area contributed by atoms with E-state index in [9.17, 15) is 0 Å². The minimum absolute atomic E-state index is 0.166. The Bertz CT molecular complexity index is 2710. The lowest BCUT2D eigenvalue weighted by Crippen LogP contribution is -1.91. The van der Waals surface area contributed by atoms with Gasteiger partial charge in [-0.05, 0) is 90.0 Å². The maximum Gasteiger partial charge on any atom is 0.136 e. The normalized spacial score (nSPS) is 13.3. The van der Waals surface area contributed by atoms with Crippen LogP contribution in [0.2, 0.25) is 0 Å². The van der Waals surface area contributed by atoms with Crippen molar-refractivity contribution in [2.24, 2.45) is 0 Å². The topological polar surface area (TPSA) is 13.1 Å². The van der Waals surface area contributed by atoms with E-state index in [0.29, 0.717) is 16.7 Å². The van der Waals surface area contributed by atoms with Crippen LogP contribution in [0.5, 0.6) is 0 Å². The molecule has 9 rings (SSSR count). The molecule has 1 heteroatoms. The van der Waals surface area contributed by atoms with Gasteiger partial charge in [0.2, 0.25) is 0 Å². The predicted molar refractivity (Wildman–Crippen MR) is 183 cm³/mol. The van der Waals surface area contributed by atoms with E-state index in [-0.39, 0.29) is 29.7 Å². The molecule has 0 aliphatic carbocycles. The summed E-state index contributed by atoms with van der Waals surface area (Å²) in [5, 5.41) is 8.54. The van der Waals surface area contributed by atoms with Crippen LogP contribution in [0.1, 0.15) is 6.85 Å². The van der Waals surface area contributed by atoms with Crippen LogP contribution in [0.25, 0.3) is 87.6 Å². The average molecular weight is 552 g/mol. The molecule has 0 saturated carbocycles. The largest absolute Gasteiger partial charge is 0.456 e. The van der Waals surface area contributed by atoms with Crippen molar-refractivity contribution in [2.45, 2.75) is 0 Å². The zero-order chi connectivity index (χ0) is 32.7. The van der Waals surface area contributed by atoms with Gasteiger partial charge in [0.15, 0.2) is 0 Å². The molecule has 9 aromatic rings. The molecule has 0 spiro atoms. The molecule has 43 heavy (non-hydrogen) atoms. The van der Waals surface area contributed by atoms with Crippen molar-refractivity contribution in [1.29, 1.82) is 0 Å². The van der Waals surface area contributed by atoms with Gasteiger partial charge in [-0.15, -0.1) is 0 Å². The van der Waals surface area contributed by atoms with E-state index < -0.39 is 6.04 Å². The molecular formula is C42H26O. The maximum absolute atomic E-state index is 8.63. The fourth-order valence-electron chi connectivity index (χ4n) is 6.67. The Hall–Kier alpha value is -5.66. The summed E-state index contributed by atoms with van der Waals surface area (Å²) >= 11 is 0. The second-order valence-corrected chi connectivity index (χ2v) is 10.9. The zero-order valence-electron chi connectivity index (χ0n) is 28.0. The van der Waals surface area contributed by atoms with Crippen molar-refractivity contribution in [3.63, 3.8) is 0 Å². The molecule has 0 N–H and O–H groups in total. The van der Waals surface area contributed by atoms with Crippen molar-refractivity contribution in [2.75, 3.05) is 0 Å². The highest BCUT2D eigenvalue weighted by Crippen LogP contribution is 2.45. The molecule has 1 heterocycles. The third-order valence-corrected chi connectivity index (χ3v) is 8.52. The Balaban J connectivity index is 1.30. The summed E-state index contributed by atoms with van der Waals surface area (Å²) in [7, 11) is 0. The molecular weight excluding hydrogens is 520 g/mol.